The minimum Gasteiger partial charge on any atom is -0.321 e. The van der Waals surface area contributed by atoms with Crippen LogP contribution in [-0.4, -0.2) is 21.2 Å². The van der Waals surface area contributed by atoms with Crippen molar-refractivity contribution < 1.29 is 4.79 Å². The van der Waals surface area contributed by atoms with Crippen LogP contribution in [0.25, 0.3) is 11.6 Å². The van der Waals surface area contributed by atoms with Crippen molar-refractivity contribution in [2.75, 3.05) is 11.1 Å². The Morgan fingerprint density at radius 2 is 2.33 bits per heavy atom. The van der Waals surface area contributed by atoms with Gasteiger partial charge in [0, 0.05) is 17.9 Å². The number of benzene rings is 1. The van der Waals surface area contributed by atoms with Crippen molar-refractivity contribution in [3.05, 3.63) is 40.2 Å². The summed E-state index contributed by atoms with van der Waals surface area (Å²) in [6, 6.07) is 5.50. The van der Waals surface area contributed by atoms with E-state index in [2.05, 4.69) is 14.9 Å². The van der Waals surface area contributed by atoms with Gasteiger partial charge < -0.3 is 9.88 Å². The van der Waals surface area contributed by atoms with Gasteiger partial charge in [0.1, 0.15) is 0 Å². The average molecular weight is 318 g/mol. The Morgan fingerprint density at radius 1 is 1.48 bits per heavy atom. The lowest BCUT2D eigenvalue weighted by atomic mass is 10.1. The Morgan fingerprint density at radius 3 is 3.19 bits per heavy atom. The Balaban J connectivity index is 1.90. The Hall–Kier alpha value is -1.72. The molecule has 3 heterocycles. The van der Waals surface area contributed by atoms with E-state index in [4.69, 9.17) is 11.6 Å². The zero-order chi connectivity index (χ0) is 14.6. The molecule has 6 heteroatoms. The van der Waals surface area contributed by atoms with Gasteiger partial charge in [0.2, 0.25) is 0 Å². The molecule has 1 N–H and O–H groups in total. The molecule has 0 radical (unpaired) electrons. The van der Waals surface area contributed by atoms with Gasteiger partial charge in [0.25, 0.3) is 5.91 Å². The number of aromatic nitrogens is 2. The highest BCUT2D eigenvalue weighted by atomic mass is 35.5. The second-order valence-corrected chi connectivity index (χ2v) is 6.51. The van der Waals surface area contributed by atoms with Gasteiger partial charge in [0.15, 0.2) is 5.16 Å². The number of hydrogen-bond acceptors (Lipinski definition) is 3. The maximum absolute atomic E-state index is 12.2. The van der Waals surface area contributed by atoms with Crippen LogP contribution in [0.5, 0.6) is 0 Å². The average Bonchev–Trinajstić information content (AvgIpc) is 3.07. The smallest absolute Gasteiger partial charge is 0.256 e. The van der Waals surface area contributed by atoms with Crippen molar-refractivity contribution in [2.24, 2.45) is 0 Å². The van der Waals surface area contributed by atoms with E-state index in [9.17, 15) is 4.79 Å². The number of nitrogens with zero attached hydrogens (tertiary/aromatic N) is 2. The molecule has 1 aromatic carbocycles. The zero-order valence-electron chi connectivity index (χ0n) is 11.3. The lowest BCUT2D eigenvalue weighted by Crippen LogP contribution is -2.05. The standard InChI is InChI=1S/C15H12ClN3OS/c1-8-12(19-5-6-21-15(19)17-8)7-9-13-10(16)3-2-4-11(13)18-14(9)20/h2-4,7H,5-6H2,1H3,(H,18,20)/b9-7+. The number of halogens is 1. The SMILES string of the molecule is Cc1nc2n(c1/C=C1/C(=O)Nc3cccc(Cl)c31)CCS2. The Labute approximate surface area is 131 Å². The van der Waals surface area contributed by atoms with Crippen molar-refractivity contribution in [1.82, 2.24) is 9.55 Å². The molecule has 1 amide bonds. The third-order valence-electron chi connectivity index (χ3n) is 3.76. The molecule has 0 aliphatic carbocycles. The first-order valence-corrected chi connectivity index (χ1v) is 8.03. The fourth-order valence-corrected chi connectivity index (χ4v) is 4.06. The van der Waals surface area contributed by atoms with Gasteiger partial charge in [-0.25, -0.2) is 4.98 Å². The van der Waals surface area contributed by atoms with Gasteiger partial charge in [-0.2, -0.15) is 0 Å². The molecule has 21 heavy (non-hydrogen) atoms. The summed E-state index contributed by atoms with van der Waals surface area (Å²) in [6.45, 7) is 2.90. The summed E-state index contributed by atoms with van der Waals surface area (Å²) in [5, 5.41) is 4.47. The fourth-order valence-electron chi connectivity index (χ4n) is 2.78. The second-order valence-electron chi connectivity index (χ2n) is 5.04. The van der Waals surface area contributed by atoms with Crippen LogP contribution in [0.4, 0.5) is 5.69 Å². The van der Waals surface area contributed by atoms with Crippen molar-refractivity contribution in [3.63, 3.8) is 0 Å². The molecule has 0 atom stereocenters. The zero-order valence-corrected chi connectivity index (χ0v) is 12.9. The topological polar surface area (TPSA) is 46.9 Å². The van der Waals surface area contributed by atoms with E-state index < -0.39 is 0 Å². The highest BCUT2D eigenvalue weighted by Crippen LogP contribution is 2.39. The minimum absolute atomic E-state index is 0.112. The summed E-state index contributed by atoms with van der Waals surface area (Å²) < 4.78 is 2.16. The fraction of sp³-hybridized carbons (Fsp3) is 0.200. The molecule has 0 fully saturated rings. The van der Waals surface area contributed by atoms with Crippen LogP contribution in [-0.2, 0) is 11.3 Å². The number of carbonyl (C=O) groups is 1. The summed E-state index contributed by atoms with van der Waals surface area (Å²) in [5.74, 6) is 0.918. The first kappa shape index (κ1) is 13.0. The predicted octanol–water partition coefficient (Wildman–Crippen LogP) is 3.44. The summed E-state index contributed by atoms with van der Waals surface area (Å²) in [6.07, 6.45) is 1.91. The van der Waals surface area contributed by atoms with Crippen LogP contribution < -0.4 is 5.32 Å². The summed E-state index contributed by atoms with van der Waals surface area (Å²) >= 11 is 8.01. The molecule has 4 rings (SSSR count). The van der Waals surface area contributed by atoms with E-state index in [0.29, 0.717) is 10.6 Å². The van der Waals surface area contributed by atoms with Crippen LogP contribution in [0.1, 0.15) is 17.0 Å². The van der Waals surface area contributed by atoms with Gasteiger partial charge in [-0.15, -0.1) is 0 Å². The lowest BCUT2D eigenvalue weighted by molar-refractivity contribution is -0.110. The van der Waals surface area contributed by atoms with Crippen LogP contribution in [0.2, 0.25) is 5.02 Å². The van der Waals surface area contributed by atoms with E-state index in [0.717, 1.165) is 40.1 Å². The lowest BCUT2D eigenvalue weighted by Gasteiger charge is -2.04. The van der Waals surface area contributed by atoms with Crippen LogP contribution in [0, 0.1) is 6.92 Å². The molecule has 1 aromatic heterocycles. The molecule has 106 valence electrons. The van der Waals surface area contributed by atoms with E-state index in [1.165, 1.54) is 0 Å². The van der Waals surface area contributed by atoms with Crippen LogP contribution >= 0.6 is 23.4 Å². The quantitative estimate of drug-likeness (QED) is 0.820. The summed E-state index contributed by atoms with van der Waals surface area (Å²) in [5.41, 5.74) is 4.10. The molecule has 0 spiro atoms. The minimum atomic E-state index is -0.112. The first-order chi connectivity index (χ1) is 10.1. The summed E-state index contributed by atoms with van der Waals surface area (Å²) in [7, 11) is 0. The van der Waals surface area contributed by atoms with Crippen LogP contribution in [0.3, 0.4) is 0 Å². The Bertz CT molecular complexity index is 809. The largest absolute Gasteiger partial charge is 0.321 e. The number of imidazole rings is 1. The number of anilines is 1. The number of amides is 1. The molecule has 4 nitrogen and oxygen atoms in total. The highest BCUT2D eigenvalue weighted by Gasteiger charge is 2.28. The number of rotatable bonds is 1. The van der Waals surface area contributed by atoms with E-state index in [-0.39, 0.29) is 5.91 Å². The normalized spacial score (nSPS) is 18.0. The predicted molar refractivity (Wildman–Crippen MR) is 85.6 cm³/mol. The maximum atomic E-state index is 12.2. The van der Waals surface area contributed by atoms with Crippen molar-refractivity contribution >= 4 is 46.6 Å². The third-order valence-corrected chi connectivity index (χ3v) is 5.03. The second kappa shape index (κ2) is 4.64. The molecule has 0 unspecified atom stereocenters. The molecular formula is C15H12ClN3OS. The third kappa shape index (κ3) is 1.92. The number of fused-ring (bicyclic) bond motifs is 2. The monoisotopic (exact) mass is 317 g/mol. The first-order valence-electron chi connectivity index (χ1n) is 6.67. The van der Waals surface area contributed by atoms with Crippen molar-refractivity contribution in [2.45, 2.75) is 18.6 Å². The number of carbonyl (C=O) groups excluding carboxylic acids is 1. The van der Waals surface area contributed by atoms with E-state index in [1.54, 1.807) is 17.8 Å². The van der Waals surface area contributed by atoms with E-state index in [1.807, 2.05) is 25.1 Å². The number of aryl methyl sites for hydroxylation is 1. The van der Waals surface area contributed by atoms with Crippen molar-refractivity contribution in [3.8, 4) is 0 Å². The molecule has 0 bridgehead atoms. The molecule has 0 saturated heterocycles. The van der Waals surface area contributed by atoms with Gasteiger partial charge in [-0.1, -0.05) is 29.4 Å². The van der Waals surface area contributed by atoms with Gasteiger partial charge in [0.05, 0.1) is 27.7 Å². The molecular weight excluding hydrogens is 306 g/mol. The van der Waals surface area contributed by atoms with Gasteiger partial charge in [-0.05, 0) is 25.1 Å². The van der Waals surface area contributed by atoms with Gasteiger partial charge in [-0.3, -0.25) is 4.79 Å². The number of nitrogens with one attached hydrogen (secondary N) is 1. The van der Waals surface area contributed by atoms with Gasteiger partial charge >= 0.3 is 0 Å². The number of thioether (sulfide) groups is 1. The number of hydrogen-bond donors (Lipinski definition) is 1. The maximum Gasteiger partial charge on any atom is 0.256 e. The molecule has 0 saturated carbocycles. The van der Waals surface area contributed by atoms with Crippen molar-refractivity contribution in [1.29, 1.82) is 0 Å². The summed E-state index contributed by atoms with van der Waals surface area (Å²) in [4.78, 5) is 16.8. The highest BCUT2D eigenvalue weighted by molar-refractivity contribution is 7.99. The Kier molecular flexibility index (Phi) is 2.87. The van der Waals surface area contributed by atoms with Crippen LogP contribution in [0.15, 0.2) is 23.4 Å². The molecule has 2 aliphatic heterocycles. The van der Waals surface area contributed by atoms with E-state index >= 15 is 0 Å². The molecule has 2 aromatic rings. The molecule has 2 aliphatic rings.